The van der Waals surface area contributed by atoms with Crippen molar-refractivity contribution in [1.29, 1.82) is 0 Å². The van der Waals surface area contributed by atoms with E-state index in [2.05, 4.69) is 15.4 Å². The molecule has 0 unspecified atom stereocenters. The molecule has 4 nitrogen and oxygen atoms in total. The Balaban J connectivity index is 1.78. The van der Waals surface area contributed by atoms with Crippen LogP contribution in [-0.4, -0.2) is 14.8 Å². The molecule has 92 valence electrons. The lowest BCUT2D eigenvalue weighted by Crippen LogP contribution is -2.00. The summed E-state index contributed by atoms with van der Waals surface area (Å²) in [5.41, 5.74) is 1.96. The lowest BCUT2D eigenvalue weighted by atomic mass is 10.3. The van der Waals surface area contributed by atoms with E-state index in [4.69, 9.17) is 11.6 Å². The third kappa shape index (κ3) is 2.32. The van der Waals surface area contributed by atoms with Gasteiger partial charge in [-0.3, -0.25) is 4.68 Å². The van der Waals surface area contributed by atoms with Crippen molar-refractivity contribution in [1.82, 2.24) is 14.8 Å². The summed E-state index contributed by atoms with van der Waals surface area (Å²) in [7, 11) is 1.91. The number of aryl methyl sites for hydroxylation is 1. The number of halogens is 1. The summed E-state index contributed by atoms with van der Waals surface area (Å²) in [5.74, 6) is 0. The van der Waals surface area contributed by atoms with Crippen molar-refractivity contribution in [3.05, 3.63) is 41.2 Å². The first-order valence-corrected chi connectivity index (χ1v) is 6.69. The van der Waals surface area contributed by atoms with Gasteiger partial charge in [-0.25, -0.2) is 4.98 Å². The molecule has 3 rings (SSSR count). The number of thiazole rings is 1. The van der Waals surface area contributed by atoms with Crippen LogP contribution in [0, 0.1) is 0 Å². The molecule has 0 radical (unpaired) electrons. The van der Waals surface area contributed by atoms with Gasteiger partial charge >= 0.3 is 0 Å². The minimum atomic E-state index is 0.675. The zero-order valence-electron chi connectivity index (χ0n) is 9.72. The standard InChI is InChI=1S/C12H11ClN4S/c1-17-5-4-9(16-17)7-14-12-15-10-3-2-8(13)6-11(10)18-12/h2-6H,7H2,1H3,(H,14,15). The number of hydrogen-bond acceptors (Lipinski definition) is 4. The largest absolute Gasteiger partial charge is 0.356 e. The summed E-state index contributed by atoms with van der Waals surface area (Å²) < 4.78 is 2.88. The Morgan fingerprint density at radius 1 is 1.39 bits per heavy atom. The SMILES string of the molecule is Cn1ccc(CNc2nc3ccc(Cl)cc3s2)n1. The highest BCUT2D eigenvalue weighted by atomic mass is 35.5. The first-order chi connectivity index (χ1) is 8.70. The van der Waals surface area contributed by atoms with Gasteiger partial charge in [0.05, 0.1) is 22.5 Å². The molecule has 6 heteroatoms. The maximum Gasteiger partial charge on any atom is 0.184 e. The van der Waals surface area contributed by atoms with Gasteiger partial charge in [0.25, 0.3) is 0 Å². The molecule has 1 aromatic carbocycles. The van der Waals surface area contributed by atoms with Crippen LogP contribution < -0.4 is 5.32 Å². The molecule has 3 aromatic rings. The second kappa shape index (κ2) is 4.59. The highest BCUT2D eigenvalue weighted by molar-refractivity contribution is 7.22. The quantitative estimate of drug-likeness (QED) is 0.799. The van der Waals surface area contributed by atoms with Gasteiger partial charge in [-0.05, 0) is 24.3 Å². The zero-order chi connectivity index (χ0) is 12.5. The lowest BCUT2D eigenvalue weighted by Gasteiger charge is -1.97. The van der Waals surface area contributed by atoms with Crippen molar-refractivity contribution in [3.63, 3.8) is 0 Å². The predicted octanol–water partition coefficient (Wildman–Crippen LogP) is 3.30. The van der Waals surface area contributed by atoms with Gasteiger partial charge in [0.15, 0.2) is 5.13 Å². The monoisotopic (exact) mass is 278 g/mol. The number of rotatable bonds is 3. The second-order valence-electron chi connectivity index (χ2n) is 3.97. The van der Waals surface area contributed by atoms with Crippen LogP contribution in [0.4, 0.5) is 5.13 Å². The number of aromatic nitrogens is 3. The van der Waals surface area contributed by atoms with E-state index >= 15 is 0 Å². The molecule has 0 aliphatic carbocycles. The summed E-state index contributed by atoms with van der Waals surface area (Å²) in [6, 6.07) is 7.70. The molecule has 0 aliphatic heterocycles. The molecule has 18 heavy (non-hydrogen) atoms. The Bertz CT molecular complexity index is 688. The molecule has 0 amide bonds. The average molecular weight is 279 g/mol. The fraction of sp³-hybridized carbons (Fsp3) is 0.167. The number of hydrogen-bond donors (Lipinski definition) is 1. The molecule has 0 saturated carbocycles. The molecular formula is C12H11ClN4S. The number of benzene rings is 1. The van der Waals surface area contributed by atoms with Gasteiger partial charge in [-0.15, -0.1) is 0 Å². The predicted molar refractivity (Wildman–Crippen MR) is 75.2 cm³/mol. The van der Waals surface area contributed by atoms with Crippen molar-refractivity contribution >= 4 is 38.3 Å². The fourth-order valence-electron chi connectivity index (χ4n) is 1.70. The van der Waals surface area contributed by atoms with Crippen LogP contribution >= 0.6 is 22.9 Å². The van der Waals surface area contributed by atoms with Crippen LogP contribution in [0.25, 0.3) is 10.2 Å². The molecule has 0 spiro atoms. The Morgan fingerprint density at radius 2 is 2.28 bits per heavy atom. The number of anilines is 1. The fourth-order valence-corrected chi connectivity index (χ4v) is 2.84. The number of nitrogens with one attached hydrogen (secondary N) is 1. The molecule has 0 fully saturated rings. The summed E-state index contributed by atoms with van der Waals surface area (Å²) in [6.45, 7) is 0.675. The van der Waals surface area contributed by atoms with E-state index in [0.29, 0.717) is 6.54 Å². The Kier molecular flexibility index (Phi) is 2.93. The van der Waals surface area contributed by atoms with Crippen molar-refractivity contribution in [2.75, 3.05) is 5.32 Å². The first kappa shape index (κ1) is 11.5. The van der Waals surface area contributed by atoms with Crippen molar-refractivity contribution in [3.8, 4) is 0 Å². The number of fused-ring (bicyclic) bond motifs is 1. The highest BCUT2D eigenvalue weighted by Gasteiger charge is 2.04. The molecule has 0 atom stereocenters. The van der Waals surface area contributed by atoms with E-state index in [0.717, 1.165) is 26.1 Å². The minimum absolute atomic E-state index is 0.675. The molecule has 0 aliphatic rings. The maximum absolute atomic E-state index is 5.95. The molecule has 1 N–H and O–H groups in total. The first-order valence-electron chi connectivity index (χ1n) is 5.49. The molecular weight excluding hydrogens is 268 g/mol. The van der Waals surface area contributed by atoms with Gasteiger partial charge < -0.3 is 5.32 Å². The number of nitrogens with zero attached hydrogens (tertiary/aromatic N) is 3. The molecule has 0 saturated heterocycles. The topological polar surface area (TPSA) is 42.7 Å². The van der Waals surface area contributed by atoms with Crippen LogP contribution in [0.2, 0.25) is 5.02 Å². The van der Waals surface area contributed by atoms with E-state index in [-0.39, 0.29) is 0 Å². The molecule has 2 heterocycles. The normalized spacial score (nSPS) is 11.0. The maximum atomic E-state index is 5.95. The van der Waals surface area contributed by atoms with E-state index in [1.165, 1.54) is 0 Å². The summed E-state index contributed by atoms with van der Waals surface area (Å²) in [6.07, 6.45) is 1.93. The highest BCUT2D eigenvalue weighted by Crippen LogP contribution is 2.28. The molecule has 0 bridgehead atoms. The van der Waals surface area contributed by atoms with Gasteiger partial charge in [0.2, 0.25) is 0 Å². The average Bonchev–Trinajstić information content (AvgIpc) is 2.92. The van der Waals surface area contributed by atoms with Gasteiger partial charge in [-0.1, -0.05) is 22.9 Å². The minimum Gasteiger partial charge on any atom is -0.356 e. The van der Waals surface area contributed by atoms with E-state index < -0.39 is 0 Å². The van der Waals surface area contributed by atoms with E-state index in [9.17, 15) is 0 Å². The Labute approximate surface area is 113 Å². The lowest BCUT2D eigenvalue weighted by molar-refractivity contribution is 0.747. The Morgan fingerprint density at radius 3 is 3.06 bits per heavy atom. The van der Waals surface area contributed by atoms with Crippen LogP contribution in [0.5, 0.6) is 0 Å². The third-order valence-electron chi connectivity index (χ3n) is 2.54. The summed E-state index contributed by atoms with van der Waals surface area (Å²) in [5, 5.41) is 9.20. The summed E-state index contributed by atoms with van der Waals surface area (Å²) >= 11 is 7.55. The van der Waals surface area contributed by atoms with Gasteiger partial charge in [0, 0.05) is 18.3 Å². The zero-order valence-corrected chi connectivity index (χ0v) is 11.3. The third-order valence-corrected chi connectivity index (χ3v) is 3.75. The smallest absolute Gasteiger partial charge is 0.184 e. The van der Waals surface area contributed by atoms with Crippen LogP contribution in [0.3, 0.4) is 0 Å². The van der Waals surface area contributed by atoms with Gasteiger partial charge in [0.1, 0.15) is 0 Å². The molecule has 2 aromatic heterocycles. The van der Waals surface area contributed by atoms with E-state index in [1.807, 2.05) is 37.5 Å². The van der Waals surface area contributed by atoms with Crippen molar-refractivity contribution < 1.29 is 0 Å². The Hall–Kier alpha value is -1.59. The van der Waals surface area contributed by atoms with Crippen LogP contribution in [0.1, 0.15) is 5.69 Å². The van der Waals surface area contributed by atoms with Crippen molar-refractivity contribution in [2.24, 2.45) is 7.05 Å². The second-order valence-corrected chi connectivity index (χ2v) is 5.43. The van der Waals surface area contributed by atoms with Crippen LogP contribution in [-0.2, 0) is 13.6 Å². The summed E-state index contributed by atoms with van der Waals surface area (Å²) in [4.78, 5) is 4.49. The van der Waals surface area contributed by atoms with E-state index in [1.54, 1.807) is 16.0 Å². The van der Waals surface area contributed by atoms with Gasteiger partial charge in [-0.2, -0.15) is 5.10 Å². The van der Waals surface area contributed by atoms with Crippen LogP contribution in [0.15, 0.2) is 30.5 Å². The van der Waals surface area contributed by atoms with Crippen molar-refractivity contribution in [2.45, 2.75) is 6.54 Å².